The van der Waals surface area contributed by atoms with Gasteiger partial charge < -0.3 is 4.57 Å². The third-order valence-corrected chi connectivity index (χ3v) is 6.11. The number of nitro groups is 1. The van der Waals surface area contributed by atoms with Crippen molar-refractivity contribution >= 4 is 43.0 Å². The lowest BCUT2D eigenvalue weighted by Gasteiger charge is -2.01. The average molecular weight is 405 g/mol. The average Bonchev–Trinajstić information content (AvgIpc) is 2.97. The van der Waals surface area contributed by atoms with Crippen LogP contribution in [0.15, 0.2) is 52.4 Å². The van der Waals surface area contributed by atoms with Crippen LogP contribution in [0.25, 0.3) is 10.2 Å². The van der Waals surface area contributed by atoms with Gasteiger partial charge in [-0.1, -0.05) is 11.3 Å². The van der Waals surface area contributed by atoms with Crippen molar-refractivity contribution in [3.05, 3.63) is 62.9 Å². The monoisotopic (exact) mass is 405 g/mol. The lowest BCUT2D eigenvalue weighted by molar-refractivity contribution is -0.384. The van der Waals surface area contributed by atoms with E-state index in [9.17, 15) is 23.3 Å². The summed E-state index contributed by atoms with van der Waals surface area (Å²) in [5.41, 5.74) is 0.862. The highest BCUT2D eigenvalue weighted by atomic mass is 32.2. The first-order chi connectivity index (χ1) is 12.7. The summed E-state index contributed by atoms with van der Waals surface area (Å²) in [4.78, 5) is 27.7. The van der Waals surface area contributed by atoms with E-state index in [0.717, 1.165) is 11.0 Å². The molecule has 1 heterocycles. The maximum absolute atomic E-state index is 12.5. The van der Waals surface area contributed by atoms with E-state index in [1.165, 1.54) is 47.7 Å². The number of carbonyl (C=O) groups is 1. The van der Waals surface area contributed by atoms with Crippen LogP contribution in [0.1, 0.15) is 17.3 Å². The Morgan fingerprint density at radius 3 is 2.44 bits per heavy atom. The van der Waals surface area contributed by atoms with Gasteiger partial charge in [0.2, 0.25) is 0 Å². The summed E-state index contributed by atoms with van der Waals surface area (Å²) in [6, 6.07) is 10.1. The first-order valence-corrected chi connectivity index (χ1v) is 10.6. The summed E-state index contributed by atoms with van der Waals surface area (Å²) in [5.74, 6) is -0.515. The Kier molecular flexibility index (Phi) is 4.94. The number of nitrogens with zero attached hydrogens (tertiary/aromatic N) is 3. The van der Waals surface area contributed by atoms with Crippen molar-refractivity contribution < 1.29 is 18.1 Å². The molecule has 0 bridgehead atoms. The molecule has 27 heavy (non-hydrogen) atoms. The van der Waals surface area contributed by atoms with Crippen LogP contribution in [0, 0.1) is 10.1 Å². The largest absolute Gasteiger partial charge is 0.316 e. The fourth-order valence-corrected chi connectivity index (χ4v) is 4.26. The van der Waals surface area contributed by atoms with Gasteiger partial charge >= 0.3 is 0 Å². The molecule has 0 saturated carbocycles. The second kappa shape index (κ2) is 7.05. The Balaban J connectivity index is 2.07. The Bertz CT molecular complexity index is 1220. The van der Waals surface area contributed by atoms with Crippen molar-refractivity contribution in [3.8, 4) is 0 Å². The topological polar surface area (TPSA) is 112 Å². The third-order valence-electron chi connectivity index (χ3n) is 3.92. The quantitative estimate of drug-likeness (QED) is 0.489. The van der Waals surface area contributed by atoms with E-state index in [-0.39, 0.29) is 16.1 Å². The highest BCUT2D eigenvalue weighted by molar-refractivity contribution is 7.90. The van der Waals surface area contributed by atoms with E-state index in [1.807, 2.05) is 6.92 Å². The fraction of sp³-hybridized carbons (Fsp3) is 0.176. The Morgan fingerprint density at radius 2 is 1.89 bits per heavy atom. The second-order valence-corrected chi connectivity index (χ2v) is 8.78. The van der Waals surface area contributed by atoms with Crippen molar-refractivity contribution in [2.75, 3.05) is 6.26 Å². The van der Waals surface area contributed by atoms with Crippen LogP contribution in [0.3, 0.4) is 0 Å². The number of amides is 1. The van der Waals surface area contributed by atoms with Crippen LogP contribution in [-0.4, -0.2) is 30.1 Å². The number of fused-ring (bicyclic) bond motifs is 1. The molecule has 0 unspecified atom stereocenters. The fourth-order valence-electron chi connectivity index (χ4n) is 2.56. The van der Waals surface area contributed by atoms with Crippen LogP contribution in [-0.2, 0) is 16.4 Å². The van der Waals surface area contributed by atoms with Gasteiger partial charge in [0.1, 0.15) is 0 Å². The summed E-state index contributed by atoms with van der Waals surface area (Å²) >= 11 is 1.26. The van der Waals surface area contributed by atoms with Gasteiger partial charge in [-0.2, -0.15) is 4.99 Å². The molecule has 140 valence electrons. The smallest absolute Gasteiger partial charge is 0.279 e. The molecule has 1 amide bonds. The molecule has 0 spiro atoms. The number of sulfone groups is 1. The number of non-ortho nitro benzene ring substituents is 1. The predicted octanol–water partition coefficient (Wildman–Crippen LogP) is 2.78. The molecule has 0 aliphatic rings. The predicted molar refractivity (Wildman–Crippen MR) is 102 cm³/mol. The van der Waals surface area contributed by atoms with Gasteiger partial charge in [-0.25, -0.2) is 8.42 Å². The molecule has 8 nitrogen and oxygen atoms in total. The summed E-state index contributed by atoms with van der Waals surface area (Å²) in [7, 11) is -3.34. The van der Waals surface area contributed by atoms with E-state index in [4.69, 9.17) is 0 Å². The number of aromatic nitrogens is 1. The van der Waals surface area contributed by atoms with Gasteiger partial charge in [0.25, 0.3) is 11.6 Å². The van der Waals surface area contributed by atoms with Crippen LogP contribution in [0.4, 0.5) is 5.69 Å². The lowest BCUT2D eigenvalue weighted by Crippen LogP contribution is -2.16. The van der Waals surface area contributed by atoms with Crippen LogP contribution in [0.5, 0.6) is 0 Å². The van der Waals surface area contributed by atoms with Crippen LogP contribution in [0.2, 0.25) is 0 Å². The normalized spacial score (nSPS) is 12.4. The van der Waals surface area contributed by atoms with Gasteiger partial charge in [-0.15, -0.1) is 0 Å². The minimum atomic E-state index is -3.34. The summed E-state index contributed by atoms with van der Waals surface area (Å²) in [5, 5.41) is 11.0. The molecule has 0 radical (unpaired) electrons. The molecule has 0 aliphatic carbocycles. The van der Waals surface area contributed by atoms with E-state index in [2.05, 4.69) is 4.99 Å². The molecule has 0 saturated heterocycles. The van der Waals surface area contributed by atoms with Gasteiger partial charge in [-0.3, -0.25) is 14.9 Å². The van der Waals surface area contributed by atoms with Crippen LogP contribution < -0.4 is 4.80 Å². The molecule has 10 heteroatoms. The molecular formula is C17H15N3O5S2. The molecule has 0 N–H and O–H groups in total. The van der Waals surface area contributed by atoms with Crippen molar-refractivity contribution in [2.45, 2.75) is 18.4 Å². The zero-order valence-corrected chi connectivity index (χ0v) is 16.1. The Morgan fingerprint density at radius 1 is 1.22 bits per heavy atom. The third kappa shape index (κ3) is 3.81. The standard InChI is InChI=1S/C17H15N3O5S2/c1-3-19-14-10-12(20(22)23)6-9-15(14)26-17(19)18-16(21)11-4-7-13(8-5-11)27(2,24)25/h4-10H,3H2,1-2H3. The summed E-state index contributed by atoms with van der Waals surface area (Å²) < 4.78 is 25.5. The molecule has 3 aromatic rings. The number of rotatable bonds is 4. The number of benzene rings is 2. The van der Waals surface area contributed by atoms with E-state index in [1.54, 1.807) is 10.6 Å². The Labute approximate surface area is 158 Å². The number of carbonyl (C=O) groups excluding carboxylic acids is 1. The SMILES string of the molecule is CCn1c(=NC(=O)c2ccc(S(C)(=O)=O)cc2)sc2ccc([N+](=O)[O-])cc21. The molecule has 0 atom stereocenters. The lowest BCUT2D eigenvalue weighted by atomic mass is 10.2. The maximum Gasteiger partial charge on any atom is 0.279 e. The zero-order chi connectivity index (χ0) is 19.8. The highest BCUT2D eigenvalue weighted by Gasteiger charge is 2.13. The molecule has 2 aromatic carbocycles. The molecule has 3 rings (SSSR count). The summed E-state index contributed by atoms with van der Waals surface area (Å²) in [6.07, 6.45) is 1.09. The van der Waals surface area contributed by atoms with Crippen LogP contribution >= 0.6 is 11.3 Å². The van der Waals surface area contributed by atoms with Gasteiger partial charge in [0.05, 0.1) is 20.0 Å². The van der Waals surface area contributed by atoms with Crippen molar-refractivity contribution in [3.63, 3.8) is 0 Å². The molecular weight excluding hydrogens is 390 g/mol. The van der Waals surface area contributed by atoms with Crippen molar-refractivity contribution in [1.82, 2.24) is 4.57 Å². The van der Waals surface area contributed by atoms with E-state index < -0.39 is 20.7 Å². The minimum Gasteiger partial charge on any atom is -0.316 e. The molecule has 0 fully saturated rings. The highest BCUT2D eigenvalue weighted by Crippen LogP contribution is 2.23. The van der Waals surface area contributed by atoms with Crippen molar-refractivity contribution in [2.24, 2.45) is 4.99 Å². The van der Waals surface area contributed by atoms with Gasteiger partial charge in [-0.05, 0) is 37.3 Å². The first-order valence-electron chi connectivity index (χ1n) is 7.87. The zero-order valence-electron chi connectivity index (χ0n) is 14.4. The second-order valence-electron chi connectivity index (χ2n) is 5.75. The van der Waals surface area contributed by atoms with E-state index in [0.29, 0.717) is 16.9 Å². The van der Waals surface area contributed by atoms with Gasteiger partial charge in [0.15, 0.2) is 14.6 Å². The molecule has 0 aliphatic heterocycles. The van der Waals surface area contributed by atoms with Gasteiger partial charge in [0, 0.05) is 30.5 Å². The van der Waals surface area contributed by atoms with E-state index >= 15 is 0 Å². The Hall–Kier alpha value is -2.85. The first kappa shape index (κ1) is 18.9. The number of thiazole rings is 1. The van der Waals surface area contributed by atoms with Crippen molar-refractivity contribution in [1.29, 1.82) is 0 Å². The minimum absolute atomic E-state index is 0.0308. The number of hydrogen-bond acceptors (Lipinski definition) is 6. The number of aryl methyl sites for hydroxylation is 1. The number of hydrogen-bond donors (Lipinski definition) is 0. The number of nitro benzene ring substituents is 1. The molecule has 1 aromatic heterocycles. The maximum atomic E-state index is 12.5. The summed E-state index contributed by atoms with van der Waals surface area (Å²) in [6.45, 7) is 2.34.